The Morgan fingerprint density at radius 2 is 1.75 bits per heavy atom. The van der Waals surface area contributed by atoms with E-state index in [1.54, 1.807) is 20.8 Å². The highest BCUT2D eigenvalue weighted by molar-refractivity contribution is 5.85. The number of halogens is 3. The van der Waals surface area contributed by atoms with Crippen molar-refractivity contribution in [3.63, 3.8) is 0 Å². The molecule has 118 valence electrons. The van der Waals surface area contributed by atoms with Crippen molar-refractivity contribution in [1.29, 1.82) is 0 Å². The lowest BCUT2D eigenvalue weighted by Gasteiger charge is -2.24. The van der Waals surface area contributed by atoms with Crippen molar-refractivity contribution in [3.05, 3.63) is 0 Å². The molecule has 20 heavy (non-hydrogen) atoms. The van der Waals surface area contributed by atoms with Gasteiger partial charge in [0.05, 0.1) is 6.42 Å². The molecule has 0 heterocycles. The van der Waals surface area contributed by atoms with E-state index < -0.39 is 42.8 Å². The van der Waals surface area contributed by atoms with E-state index in [0.717, 1.165) is 4.90 Å². The number of nitrogens with one attached hydrogen (secondary N) is 1. The van der Waals surface area contributed by atoms with Crippen LogP contribution in [0.4, 0.5) is 18.0 Å². The number of ether oxygens (including phenoxy) is 1. The summed E-state index contributed by atoms with van der Waals surface area (Å²) in [6, 6.07) is -0.955. The van der Waals surface area contributed by atoms with Gasteiger partial charge >= 0.3 is 12.3 Å². The quantitative estimate of drug-likeness (QED) is 0.866. The summed E-state index contributed by atoms with van der Waals surface area (Å²) in [7, 11) is 1.25. The SMILES string of the molecule is CC(NC(=O)OC(C)(C)C)C(=O)N(C)CCC(F)(F)F. The Hall–Kier alpha value is -1.47. The lowest BCUT2D eigenvalue weighted by molar-refractivity contribution is -0.144. The van der Waals surface area contributed by atoms with Crippen molar-refractivity contribution in [2.45, 2.75) is 51.9 Å². The van der Waals surface area contributed by atoms with E-state index in [1.807, 2.05) is 0 Å². The summed E-state index contributed by atoms with van der Waals surface area (Å²) < 4.78 is 41.1. The first-order valence-corrected chi connectivity index (χ1v) is 6.13. The Morgan fingerprint density at radius 1 is 1.25 bits per heavy atom. The number of alkyl halides is 3. The molecule has 0 saturated heterocycles. The standard InChI is InChI=1S/C12H21F3N2O3/c1-8(16-10(19)20-11(2,3)4)9(18)17(5)7-6-12(13,14)15/h8H,6-7H2,1-5H3,(H,16,19). The van der Waals surface area contributed by atoms with Gasteiger partial charge in [-0.15, -0.1) is 0 Å². The topological polar surface area (TPSA) is 58.6 Å². The highest BCUT2D eigenvalue weighted by Crippen LogP contribution is 2.19. The zero-order valence-electron chi connectivity index (χ0n) is 12.3. The highest BCUT2D eigenvalue weighted by atomic mass is 19.4. The van der Waals surface area contributed by atoms with Gasteiger partial charge in [0.2, 0.25) is 5.91 Å². The van der Waals surface area contributed by atoms with Crippen LogP contribution in [0.3, 0.4) is 0 Å². The molecule has 0 aromatic heterocycles. The molecule has 0 aliphatic rings. The molecule has 1 atom stereocenters. The van der Waals surface area contributed by atoms with E-state index in [2.05, 4.69) is 5.32 Å². The number of amides is 2. The van der Waals surface area contributed by atoms with Gasteiger partial charge in [0.25, 0.3) is 0 Å². The molecule has 0 saturated carbocycles. The molecule has 0 aromatic carbocycles. The second kappa shape index (κ2) is 6.81. The highest BCUT2D eigenvalue weighted by Gasteiger charge is 2.29. The minimum absolute atomic E-state index is 0.456. The second-order valence-corrected chi connectivity index (χ2v) is 5.49. The van der Waals surface area contributed by atoms with Gasteiger partial charge in [0.1, 0.15) is 11.6 Å². The number of carbonyl (C=O) groups excluding carboxylic acids is 2. The van der Waals surface area contributed by atoms with E-state index in [-0.39, 0.29) is 0 Å². The maximum absolute atomic E-state index is 12.0. The number of alkyl carbamates (subject to hydrolysis) is 1. The van der Waals surface area contributed by atoms with Crippen molar-refractivity contribution in [1.82, 2.24) is 10.2 Å². The van der Waals surface area contributed by atoms with Gasteiger partial charge in [-0.05, 0) is 27.7 Å². The molecule has 2 amide bonds. The minimum atomic E-state index is -4.32. The predicted octanol–water partition coefficient (Wildman–Crippen LogP) is 2.31. The fourth-order valence-electron chi connectivity index (χ4n) is 1.28. The minimum Gasteiger partial charge on any atom is -0.444 e. The van der Waals surface area contributed by atoms with Crippen molar-refractivity contribution in [3.8, 4) is 0 Å². The van der Waals surface area contributed by atoms with Gasteiger partial charge in [-0.3, -0.25) is 4.79 Å². The third kappa shape index (κ3) is 8.60. The Morgan fingerprint density at radius 3 is 2.15 bits per heavy atom. The summed E-state index contributed by atoms with van der Waals surface area (Å²) in [6.07, 6.45) is -6.20. The van der Waals surface area contributed by atoms with Gasteiger partial charge in [0.15, 0.2) is 0 Å². The first kappa shape index (κ1) is 18.5. The predicted molar refractivity (Wildman–Crippen MR) is 67.1 cm³/mol. The third-order valence-corrected chi connectivity index (χ3v) is 2.21. The van der Waals surface area contributed by atoms with E-state index in [0.29, 0.717) is 0 Å². The van der Waals surface area contributed by atoms with E-state index in [4.69, 9.17) is 4.74 Å². The molecular weight excluding hydrogens is 277 g/mol. The van der Waals surface area contributed by atoms with Crippen molar-refractivity contribution in [2.75, 3.05) is 13.6 Å². The van der Waals surface area contributed by atoms with Crippen LogP contribution in [0.2, 0.25) is 0 Å². The molecule has 5 nitrogen and oxygen atoms in total. The van der Waals surface area contributed by atoms with E-state index >= 15 is 0 Å². The van der Waals surface area contributed by atoms with E-state index in [1.165, 1.54) is 14.0 Å². The molecule has 1 unspecified atom stereocenters. The van der Waals surface area contributed by atoms with Crippen LogP contribution >= 0.6 is 0 Å². The molecule has 0 rings (SSSR count). The molecule has 0 bridgehead atoms. The zero-order chi connectivity index (χ0) is 16.1. The van der Waals surface area contributed by atoms with Gasteiger partial charge in [-0.25, -0.2) is 4.79 Å². The average Bonchev–Trinajstić information content (AvgIpc) is 2.20. The number of nitrogens with zero attached hydrogens (tertiary/aromatic N) is 1. The van der Waals surface area contributed by atoms with Crippen LogP contribution in [-0.4, -0.2) is 48.3 Å². The molecule has 1 N–H and O–H groups in total. The summed E-state index contributed by atoms with van der Waals surface area (Å²) in [5.41, 5.74) is -0.713. The molecule has 0 spiro atoms. The Labute approximate surface area is 116 Å². The van der Waals surface area contributed by atoms with Gasteiger partial charge < -0.3 is 15.0 Å². The monoisotopic (exact) mass is 298 g/mol. The van der Waals surface area contributed by atoms with Gasteiger partial charge in [-0.2, -0.15) is 13.2 Å². The summed E-state index contributed by atoms with van der Waals surface area (Å²) in [6.45, 7) is 5.91. The maximum Gasteiger partial charge on any atom is 0.408 e. The van der Waals surface area contributed by atoms with Crippen molar-refractivity contribution < 1.29 is 27.5 Å². The van der Waals surface area contributed by atoms with Crippen LogP contribution in [0.1, 0.15) is 34.1 Å². The van der Waals surface area contributed by atoms with Crippen molar-refractivity contribution >= 4 is 12.0 Å². The third-order valence-electron chi connectivity index (χ3n) is 2.21. The number of hydrogen-bond acceptors (Lipinski definition) is 3. The van der Waals surface area contributed by atoms with Crippen LogP contribution in [0.15, 0.2) is 0 Å². The molecule has 0 aliphatic carbocycles. The summed E-state index contributed by atoms with van der Waals surface area (Å²) >= 11 is 0. The fourth-order valence-corrected chi connectivity index (χ4v) is 1.28. The Kier molecular flexibility index (Phi) is 6.31. The largest absolute Gasteiger partial charge is 0.444 e. The number of hydrogen-bond donors (Lipinski definition) is 1. The van der Waals surface area contributed by atoms with Crippen LogP contribution in [0.5, 0.6) is 0 Å². The van der Waals surface area contributed by atoms with Gasteiger partial charge in [-0.1, -0.05) is 0 Å². The lowest BCUT2D eigenvalue weighted by atomic mass is 10.2. The normalized spacial score (nSPS) is 13.6. The van der Waals surface area contributed by atoms with Gasteiger partial charge in [0, 0.05) is 13.6 Å². The maximum atomic E-state index is 12.0. The Balaban J connectivity index is 4.30. The van der Waals surface area contributed by atoms with Crippen LogP contribution in [-0.2, 0) is 9.53 Å². The molecule has 0 fully saturated rings. The summed E-state index contributed by atoms with van der Waals surface area (Å²) in [4.78, 5) is 24.1. The smallest absolute Gasteiger partial charge is 0.408 e. The number of carbonyl (C=O) groups is 2. The second-order valence-electron chi connectivity index (χ2n) is 5.49. The average molecular weight is 298 g/mol. The first-order valence-electron chi connectivity index (χ1n) is 6.13. The lowest BCUT2D eigenvalue weighted by Crippen LogP contribution is -2.47. The first-order chi connectivity index (χ1) is 8.82. The molecule has 0 radical (unpaired) electrons. The van der Waals surface area contributed by atoms with Crippen LogP contribution in [0, 0.1) is 0 Å². The van der Waals surface area contributed by atoms with E-state index in [9.17, 15) is 22.8 Å². The summed E-state index contributed by atoms with van der Waals surface area (Å²) in [5, 5.41) is 2.28. The van der Waals surface area contributed by atoms with Crippen LogP contribution in [0.25, 0.3) is 0 Å². The molecule has 0 aromatic rings. The van der Waals surface area contributed by atoms with Crippen molar-refractivity contribution in [2.24, 2.45) is 0 Å². The molecule has 8 heteroatoms. The number of rotatable bonds is 4. The molecular formula is C12H21F3N2O3. The number of likely N-dealkylation sites (N-methyl/N-ethyl adjacent to an activating group) is 1. The van der Waals surface area contributed by atoms with Crippen LogP contribution < -0.4 is 5.32 Å². The molecule has 0 aliphatic heterocycles. The summed E-state index contributed by atoms with van der Waals surface area (Å²) in [5.74, 6) is -0.611. The zero-order valence-corrected chi connectivity index (χ0v) is 12.3. The fraction of sp³-hybridized carbons (Fsp3) is 0.833. The Bertz CT molecular complexity index is 351.